The Morgan fingerprint density at radius 3 is 3.29 bits per heavy atom. The van der Waals surface area contributed by atoms with Crippen LogP contribution in [0, 0.1) is 0 Å². The normalized spacial score (nSPS) is 19.9. The lowest BCUT2D eigenvalue weighted by Crippen LogP contribution is -2.30. The second-order valence-corrected chi connectivity index (χ2v) is 4.13. The van der Waals surface area contributed by atoms with Crippen LogP contribution in [-0.4, -0.2) is 35.8 Å². The zero-order chi connectivity index (χ0) is 11.9. The number of ether oxygens (including phenoxy) is 2. The Bertz CT molecular complexity index is 340. The molecule has 2 rings (SSSR count). The fourth-order valence-corrected chi connectivity index (χ4v) is 1.74. The molecule has 5 nitrogen and oxygen atoms in total. The van der Waals surface area contributed by atoms with E-state index < -0.39 is 0 Å². The Labute approximate surface area is 102 Å². The maximum Gasteiger partial charge on any atom is 0.226 e. The number of anilines is 1. The summed E-state index contributed by atoms with van der Waals surface area (Å²) in [5.74, 6) is 1.25. The molecule has 1 aromatic heterocycles. The van der Waals surface area contributed by atoms with Crippen LogP contribution < -0.4 is 10.1 Å². The van der Waals surface area contributed by atoms with E-state index in [2.05, 4.69) is 22.2 Å². The van der Waals surface area contributed by atoms with Gasteiger partial charge in [0.05, 0.1) is 19.3 Å². The third-order valence-corrected chi connectivity index (χ3v) is 2.58. The van der Waals surface area contributed by atoms with Crippen LogP contribution in [-0.2, 0) is 4.74 Å². The van der Waals surface area contributed by atoms with E-state index in [4.69, 9.17) is 9.47 Å². The van der Waals surface area contributed by atoms with Gasteiger partial charge in [-0.15, -0.1) is 0 Å². The van der Waals surface area contributed by atoms with Crippen LogP contribution >= 0.6 is 0 Å². The van der Waals surface area contributed by atoms with Crippen molar-refractivity contribution in [2.75, 3.05) is 25.1 Å². The van der Waals surface area contributed by atoms with Gasteiger partial charge in [0.2, 0.25) is 11.8 Å². The Kier molecular flexibility index (Phi) is 4.55. The summed E-state index contributed by atoms with van der Waals surface area (Å²) in [7, 11) is 0. The lowest BCUT2D eigenvalue weighted by Gasteiger charge is -2.23. The molecule has 0 amide bonds. The maximum atomic E-state index is 5.46. The van der Waals surface area contributed by atoms with Gasteiger partial charge in [0.1, 0.15) is 0 Å². The minimum Gasteiger partial charge on any atom is -0.478 e. The summed E-state index contributed by atoms with van der Waals surface area (Å²) in [4.78, 5) is 8.49. The lowest BCUT2D eigenvalue weighted by molar-refractivity contribution is 0.0873. The zero-order valence-corrected chi connectivity index (χ0v) is 10.2. The van der Waals surface area contributed by atoms with Crippen LogP contribution in [0.4, 0.5) is 5.95 Å². The molecule has 0 saturated carbocycles. The summed E-state index contributed by atoms with van der Waals surface area (Å²) in [5.41, 5.74) is 0. The predicted octanol–water partition coefficient (Wildman–Crippen LogP) is 1.86. The van der Waals surface area contributed by atoms with Crippen LogP contribution in [0.5, 0.6) is 5.88 Å². The Morgan fingerprint density at radius 2 is 2.53 bits per heavy atom. The standard InChI is InChI=1S/C12H19N3O2/c1-2-7-17-11-5-6-13-12(15-11)14-10-4-3-8-16-9-10/h5-6,10H,2-4,7-9H2,1H3,(H,13,14,15). The van der Waals surface area contributed by atoms with Gasteiger partial charge in [0, 0.05) is 18.9 Å². The van der Waals surface area contributed by atoms with Crippen molar-refractivity contribution in [2.45, 2.75) is 32.2 Å². The second kappa shape index (κ2) is 6.39. The molecular weight excluding hydrogens is 218 g/mol. The van der Waals surface area contributed by atoms with Crippen molar-refractivity contribution in [3.63, 3.8) is 0 Å². The van der Waals surface area contributed by atoms with Crippen molar-refractivity contribution in [1.29, 1.82) is 0 Å². The Balaban J connectivity index is 1.90. The predicted molar refractivity (Wildman–Crippen MR) is 65.3 cm³/mol. The highest BCUT2D eigenvalue weighted by atomic mass is 16.5. The molecule has 1 unspecified atom stereocenters. The first-order valence-corrected chi connectivity index (χ1v) is 6.18. The van der Waals surface area contributed by atoms with Crippen molar-refractivity contribution in [3.8, 4) is 5.88 Å². The SMILES string of the molecule is CCCOc1ccnc(NC2CCCOC2)n1. The number of hydrogen-bond acceptors (Lipinski definition) is 5. The summed E-state index contributed by atoms with van der Waals surface area (Å²) in [6, 6.07) is 2.09. The monoisotopic (exact) mass is 237 g/mol. The van der Waals surface area contributed by atoms with E-state index in [1.807, 2.05) is 0 Å². The minimum absolute atomic E-state index is 0.310. The van der Waals surface area contributed by atoms with E-state index in [9.17, 15) is 0 Å². The zero-order valence-electron chi connectivity index (χ0n) is 10.2. The first-order chi connectivity index (χ1) is 8.38. The highest BCUT2D eigenvalue weighted by Crippen LogP contribution is 2.13. The van der Waals surface area contributed by atoms with Crippen LogP contribution in [0.1, 0.15) is 26.2 Å². The van der Waals surface area contributed by atoms with Crippen molar-refractivity contribution >= 4 is 5.95 Å². The van der Waals surface area contributed by atoms with E-state index in [0.29, 0.717) is 24.5 Å². The van der Waals surface area contributed by atoms with Crippen molar-refractivity contribution in [1.82, 2.24) is 9.97 Å². The molecule has 1 saturated heterocycles. The largest absolute Gasteiger partial charge is 0.478 e. The van der Waals surface area contributed by atoms with Crippen LogP contribution in [0.15, 0.2) is 12.3 Å². The van der Waals surface area contributed by atoms with Crippen molar-refractivity contribution in [3.05, 3.63) is 12.3 Å². The first-order valence-electron chi connectivity index (χ1n) is 6.18. The molecule has 17 heavy (non-hydrogen) atoms. The summed E-state index contributed by atoms with van der Waals surface area (Å²) < 4.78 is 10.9. The van der Waals surface area contributed by atoms with Gasteiger partial charge in [-0.1, -0.05) is 6.92 Å². The van der Waals surface area contributed by atoms with Gasteiger partial charge < -0.3 is 14.8 Å². The van der Waals surface area contributed by atoms with E-state index in [1.54, 1.807) is 12.3 Å². The molecule has 94 valence electrons. The lowest BCUT2D eigenvalue weighted by atomic mass is 10.1. The van der Waals surface area contributed by atoms with Gasteiger partial charge in [0.15, 0.2) is 0 Å². The van der Waals surface area contributed by atoms with Gasteiger partial charge in [-0.2, -0.15) is 4.98 Å². The van der Waals surface area contributed by atoms with E-state index in [0.717, 1.165) is 32.5 Å². The van der Waals surface area contributed by atoms with E-state index in [-0.39, 0.29) is 0 Å². The van der Waals surface area contributed by atoms with Crippen LogP contribution in [0.25, 0.3) is 0 Å². The first kappa shape index (κ1) is 12.1. The fourth-order valence-electron chi connectivity index (χ4n) is 1.74. The summed E-state index contributed by atoms with van der Waals surface area (Å²) in [5, 5.41) is 3.27. The molecule has 0 aromatic carbocycles. The molecular formula is C12H19N3O2. The molecule has 1 fully saturated rings. The van der Waals surface area contributed by atoms with E-state index in [1.165, 1.54) is 0 Å². The molecule has 0 radical (unpaired) electrons. The van der Waals surface area contributed by atoms with Gasteiger partial charge >= 0.3 is 0 Å². The summed E-state index contributed by atoms with van der Waals surface area (Å²) in [6.07, 6.45) is 4.88. The molecule has 0 spiro atoms. The van der Waals surface area contributed by atoms with Crippen molar-refractivity contribution < 1.29 is 9.47 Å². The molecule has 2 heterocycles. The van der Waals surface area contributed by atoms with Crippen LogP contribution in [0.3, 0.4) is 0 Å². The number of rotatable bonds is 5. The minimum atomic E-state index is 0.310. The van der Waals surface area contributed by atoms with Gasteiger partial charge in [-0.05, 0) is 19.3 Å². The highest BCUT2D eigenvalue weighted by Gasteiger charge is 2.14. The third-order valence-electron chi connectivity index (χ3n) is 2.58. The highest BCUT2D eigenvalue weighted by molar-refractivity contribution is 5.28. The number of aromatic nitrogens is 2. The summed E-state index contributed by atoms with van der Waals surface area (Å²) in [6.45, 7) is 4.34. The third kappa shape index (κ3) is 3.85. The Morgan fingerprint density at radius 1 is 1.59 bits per heavy atom. The molecule has 1 aromatic rings. The van der Waals surface area contributed by atoms with E-state index >= 15 is 0 Å². The van der Waals surface area contributed by atoms with Gasteiger partial charge in [-0.3, -0.25) is 0 Å². The van der Waals surface area contributed by atoms with Crippen molar-refractivity contribution in [2.24, 2.45) is 0 Å². The summed E-state index contributed by atoms with van der Waals surface area (Å²) >= 11 is 0. The number of nitrogens with one attached hydrogen (secondary N) is 1. The number of hydrogen-bond donors (Lipinski definition) is 1. The maximum absolute atomic E-state index is 5.46. The number of nitrogens with zero attached hydrogens (tertiary/aromatic N) is 2. The molecule has 1 aliphatic heterocycles. The average molecular weight is 237 g/mol. The quantitative estimate of drug-likeness (QED) is 0.847. The second-order valence-electron chi connectivity index (χ2n) is 4.13. The molecule has 0 aliphatic carbocycles. The topological polar surface area (TPSA) is 56.3 Å². The Hall–Kier alpha value is -1.36. The molecule has 5 heteroatoms. The van der Waals surface area contributed by atoms with Crippen LogP contribution in [0.2, 0.25) is 0 Å². The molecule has 0 bridgehead atoms. The molecule has 1 N–H and O–H groups in total. The average Bonchev–Trinajstić information content (AvgIpc) is 2.38. The van der Waals surface area contributed by atoms with Gasteiger partial charge in [-0.25, -0.2) is 4.98 Å². The molecule has 1 atom stereocenters. The molecule has 1 aliphatic rings. The fraction of sp³-hybridized carbons (Fsp3) is 0.667. The smallest absolute Gasteiger partial charge is 0.226 e. The van der Waals surface area contributed by atoms with Gasteiger partial charge in [0.25, 0.3) is 0 Å².